The molecule has 30 heavy (non-hydrogen) atoms. The molecule has 0 radical (unpaired) electrons. The number of halogens is 4. The highest BCUT2D eigenvalue weighted by molar-refractivity contribution is 7.89. The zero-order valence-corrected chi connectivity index (χ0v) is 17.2. The summed E-state index contributed by atoms with van der Waals surface area (Å²) in [6, 6.07) is 10.7. The van der Waals surface area contributed by atoms with Crippen molar-refractivity contribution in [1.29, 1.82) is 0 Å². The summed E-state index contributed by atoms with van der Waals surface area (Å²) < 4.78 is 70.8. The van der Waals surface area contributed by atoms with Crippen LogP contribution < -0.4 is 4.74 Å². The van der Waals surface area contributed by atoms with Gasteiger partial charge in [0.05, 0.1) is 10.6 Å². The Kier molecular flexibility index (Phi) is 6.59. The van der Waals surface area contributed by atoms with Gasteiger partial charge in [0.25, 0.3) is 5.91 Å². The third-order valence-electron chi connectivity index (χ3n) is 4.59. The first-order chi connectivity index (χ1) is 14.1. The number of rotatable bonds is 5. The lowest BCUT2D eigenvalue weighted by Gasteiger charge is -2.34. The zero-order chi connectivity index (χ0) is 21.9. The molecule has 0 atom stereocenters. The molecule has 3 rings (SSSR count). The van der Waals surface area contributed by atoms with E-state index < -0.39 is 40.0 Å². The van der Waals surface area contributed by atoms with Gasteiger partial charge in [-0.1, -0.05) is 35.9 Å². The minimum atomic E-state index is -4.60. The predicted octanol–water partition coefficient (Wildman–Crippen LogP) is 3.27. The largest absolute Gasteiger partial charge is 0.483 e. The van der Waals surface area contributed by atoms with E-state index in [0.717, 1.165) is 12.1 Å². The molecule has 0 aliphatic carbocycles. The lowest BCUT2D eigenvalue weighted by molar-refractivity contribution is -0.141. The number of benzene rings is 2. The van der Waals surface area contributed by atoms with Gasteiger partial charge in [0.15, 0.2) is 6.61 Å². The molecule has 0 unspecified atom stereocenters. The first-order valence-corrected chi connectivity index (χ1v) is 10.7. The first kappa shape index (κ1) is 22.4. The van der Waals surface area contributed by atoms with E-state index in [9.17, 15) is 26.4 Å². The van der Waals surface area contributed by atoms with E-state index in [-0.39, 0.29) is 36.1 Å². The number of carbonyl (C=O) groups excluding carboxylic acids is 1. The Labute approximate surface area is 176 Å². The highest BCUT2D eigenvalue weighted by atomic mass is 35.5. The summed E-state index contributed by atoms with van der Waals surface area (Å²) in [6.07, 6.45) is -4.60. The minimum absolute atomic E-state index is 0.0152. The van der Waals surface area contributed by atoms with Gasteiger partial charge in [-0.05, 0) is 24.3 Å². The number of para-hydroxylation sites is 1. The quantitative estimate of drug-likeness (QED) is 0.684. The van der Waals surface area contributed by atoms with Crippen LogP contribution >= 0.6 is 11.6 Å². The summed E-state index contributed by atoms with van der Waals surface area (Å²) in [5.74, 6) is -0.958. The maximum Gasteiger partial charge on any atom is 0.419 e. The number of amides is 1. The molecule has 2 aromatic rings. The number of nitrogens with zero attached hydrogens (tertiary/aromatic N) is 2. The summed E-state index contributed by atoms with van der Waals surface area (Å²) in [5, 5.41) is 0.104. The van der Waals surface area contributed by atoms with Gasteiger partial charge < -0.3 is 9.64 Å². The van der Waals surface area contributed by atoms with E-state index in [0.29, 0.717) is 0 Å². The summed E-state index contributed by atoms with van der Waals surface area (Å²) in [6.45, 7) is -0.319. The lowest BCUT2D eigenvalue weighted by atomic mass is 10.2. The summed E-state index contributed by atoms with van der Waals surface area (Å²) in [5.41, 5.74) is -0.964. The van der Waals surface area contributed by atoms with Crippen molar-refractivity contribution < 1.29 is 31.1 Å². The van der Waals surface area contributed by atoms with Crippen LogP contribution in [-0.4, -0.2) is 56.3 Å². The average Bonchev–Trinajstić information content (AvgIpc) is 2.72. The number of carbonyl (C=O) groups is 1. The summed E-state index contributed by atoms with van der Waals surface area (Å²) in [7, 11) is -3.81. The smallest absolute Gasteiger partial charge is 0.419 e. The fourth-order valence-corrected chi connectivity index (χ4v) is 4.94. The van der Waals surface area contributed by atoms with E-state index >= 15 is 0 Å². The van der Waals surface area contributed by atoms with Crippen molar-refractivity contribution in [2.24, 2.45) is 0 Å². The van der Waals surface area contributed by atoms with Crippen molar-refractivity contribution in [3.63, 3.8) is 0 Å². The summed E-state index contributed by atoms with van der Waals surface area (Å²) >= 11 is 5.98. The monoisotopic (exact) mass is 462 g/mol. The van der Waals surface area contributed by atoms with Crippen LogP contribution in [0.5, 0.6) is 5.75 Å². The van der Waals surface area contributed by atoms with Crippen molar-refractivity contribution in [3.8, 4) is 5.75 Å². The van der Waals surface area contributed by atoms with Gasteiger partial charge in [0.1, 0.15) is 10.6 Å². The molecule has 1 aliphatic heterocycles. The fraction of sp³-hybridized carbons (Fsp3) is 0.316. The summed E-state index contributed by atoms with van der Waals surface area (Å²) in [4.78, 5) is 13.7. The second-order valence-corrected chi connectivity index (χ2v) is 8.81. The number of ether oxygens (including phenoxy) is 1. The molecule has 0 aromatic heterocycles. The number of alkyl halides is 3. The molecule has 1 heterocycles. The lowest BCUT2D eigenvalue weighted by Crippen LogP contribution is -2.51. The fourth-order valence-electron chi connectivity index (χ4n) is 3.03. The number of hydrogen-bond donors (Lipinski definition) is 0. The van der Waals surface area contributed by atoms with Crippen molar-refractivity contribution in [3.05, 3.63) is 59.1 Å². The second kappa shape index (κ2) is 8.83. The minimum Gasteiger partial charge on any atom is -0.483 e. The Morgan fingerprint density at radius 1 is 1.00 bits per heavy atom. The number of sulfonamides is 1. The average molecular weight is 463 g/mol. The molecule has 1 amide bonds. The third kappa shape index (κ3) is 4.88. The van der Waals surface area contributed by atoms with E-state index in [2.05, 4.69) is 0 Å². The number of hydrogen-bond acceptors (Lipinski definition) is 4. The molecule has 0 spiro atoms. The number of piperazine rings is 1. The van der Waals surface area contributed by atoms with Crippen LogP contribution in [0.2, 0.25) is 5.02 Å². The normalized spacial score (nSPS) is 15.8. The van der Waals surface area contributed by atoms with Crippen molar-refractivity contribution in [2.45, 2.75) is 11.1 Å². The Bertz CT molecular complexity index is 1020. The second-order valence-electron chi connectivity index (χ2n) is 6.50. The van der Waals surface area contributed by atoms with Gasteiger partial charge in [-0.15, -0.1) is 0 Å². The maximum atomic E-state index is 13.0. The van der Waals surface area contributed by atoms with Gasteiger partial charge in [0.2, 0.25) is 10.0 Å². The van der Waals surface area contributed by atoms with E-state index in [1.165, 1.54) is 33.5 Å². The molecule has 162 valence electrons. The molecule has 11 heteroatoms. The topological polar surface area (TPSA) is 66.9 Å². The Morgan fingerprint density at radius 2 is 1.60 bits per heavy atom. The molecule has 2 aromatic carbocycles. The van der Waals surface area contributed by atoms with Crippen LogP contribution in [0.15, 0.2) is 53.4 Å². The van der Waals surface area contributed by atoms with Crippen molar-refractivity contribution >= 4 is 27.5 Å². The van der Waals surface area contributed by atoms with Gasteiger partial charge in [-0.3, -0.25) is 4.79 Å². The predicted molar refractivity (Wildman–Crippen MR) is 104 cm³/mol. The highest BCUT2D eigenvalue weighted by Gasteiger charge is 2.35. The van der Waals surface area contributed by atoms with E-state index in [1.54, 1.807) is 12.1 Å². The van der Waals surface area contributed by atoms with Gasteiger partial charge in [-0.25, -0.2) is 8.42 Å². The van der Waals surface area contributed by atoms with Gasteiger partial charge >= 0.3 is 6.18 Å². The van der Waals surface area contributed by atoms with Gasteiger partial charge in [-0.2, -0.15) is 17.5 Å². The van der Waals surface area contributed by atoms with E-state index in [4.69, 9.17) is 16.3 Å². The Hall–Kier alpha value is -2.30. The molecule has 6 nitrogen and oxygen atoms in total. The van der Waals surface area contributed by atoms with Crippen molar-refractivity contribution in [1.82, 2.24) is 9.21 Å². The highest BCUT2D eigenvalue weighted by Crippen LogP contribution is 2.35. The molecule has 1 aliphatic rings. The van der Waals surface area contributed by atoms with Crippen LogP contribution in [0.1, 0.15) is 5.56 Å². The standard InChI is InChI=1S/C19H18ClF3N2O4S/c20-15-6-2-4-8-17(15)30(27,28)25-11-9-24(10-12-25)18(26)13-29-16-7-3-1-5-14(16)19(21,22)23/h1-8H,9-13H2. The van der Waals surface area contributed by atoms with Gasteiger partial charge in [0, 0.05) is 26.2 Å². The molecular formula is C19H18ClF3N2O4S. The first-order valence-electron chi connectivity index (χ1n) is 8.92. The SMILES string of the molecule is O=C(COc1ccccc1C(F)(F)F)N1CCN(S(=O)(=O)c2ccccc2Cl)CC1. The van der Waals surface area contributed by atoms with Crippen LogP contribution in [-0.2, 0) is 21.0 Å². The van der Waals surface area contributed by atoms with Crippen molar-refractivity contribution in [2.75, 3.05) is 32.8 Å². The molecule has 1 saturated heterocycles. The Morgan fingerprint density at radius 3 is 2.23 bits per heavy atom. The Balaban J connectivity index is 1.60. The van der Waals surface area contributed by atoms with Crippen LogP contribution in [0.3, 0.4) is 0 Å². The van der Waals surface area contributed by atoms with Crippen LogP contribution in [0.25, 0.3) is 0 Å². The van der Waals surface area contributed by atoms with Crippen LogP contribution in [0.4, 0.5) is 13.2 Å². The molecule has 0 bridgehead atoms. The van der Waals surface area contributed by atoms with E-state index in [1.807, 2.05) is 0 Å². The molecular weight excluding hydrogens is 445 g/mol. The molecule has 0 N–H and O–H groups in total. The molecule has 0 saturated carbocycles. The third-order valence-corrected chi connectivity index (χ3v) is 6.99. The zero-order valence-electron chi connectivity index (χ0n) is 15.6. The molecule has 1 fully saturated rings. The maximum absolute atomic E-state index is 13.0. The van der Waals surface area contributed by atoms with Crippen LogP contribution in [0, 0.1) is 0 Å².